The molecule has 112 valence electrons. The number of carbonyl (C=O) groups excluding carboxylic acids is 1. The van der Waals surface area contributed by atoms with E-state index in [-0.39, 0.29) is 5.91 Å². The van der Waals surface area contributed by atoms with Gasteiger partial charge in [0.25, 0.3) is 5.91 Å². The van der Waals surface area contributed by atoms with Crippen LogP contribution in [-0.4, -0.2) is 37.4 Å². The van der Waals surface area contributed by atoms with E-state index in [1.807, 2.05) is 12.1 Å². The Labute approximate surface area is 119 Å². The molecule has 0 heterocycles. The molecular formula is C15H23NO4. The van der Waals surface area contributed by atoms with Gasteiger partial charge >= 0.3 is 0 Å². The fourth-order valence-corrected chi connectivity index (χ4v) is 1.75. The second kappa shape index (κ2) is 8.55. The predicted octanol–water partition coefficient (Wildman–Crippen LogP) is 1.66. The molecule has 0 spiro atoms. The van der Waals surface area contributed by atoms with Crippen LogP contribution in [-0.2, 0) is 9.53 Å². The molecule has 1 rings (SSSR count). The Hall–Kier alpha value is -1.59. The summed E-state index contributed by atoms with van der Waals surface area (Å²) in [6, 6.07) is 7.16. The van der Waals surface area contributed by atoms with Crippen LogP contribution in [0.3, 0.4) is 0 Å². The standard InChI is InChI=1S/C15H23NO4/c1-11(17)13-7-4-5-8-14(13)20-12(2)15(18)16-9-6-10-19-3/h4-5,7-8,11-12,17H,6,9-10H2,1-3H3,(H,16,18)/t11-,12?/m1/s1. The molecule has 5 heteroatoms. The molecule has 0 aromatic heterocycles. The van der Waals surface area contributed by atoms with Gasteiger partial charge in [0.2, 0.25) is 0 Å². The molecule has 1 aromatic rings. The van der Waals surface area contributed by atoms with E-state index in [1.54, 1.807) is 33.1 Å². The van der Waals surface area contributed by atoms with Gasteiger partial charge in [-0.25, -0.2) is 0 Å². The van der Waals surface area contributed by atoms with Gasteiger partial charge in [0, 0.05) is 25.8 Å². The Morgan fingerprint density at radius 1 is 1.35 bits per heavy atom. The summed E-state index contributed by atoms with van der Waals surface area (Å²) in [5.74, 6) is 0.351. The van der Waals surface area contributed by atoms with Crippen molar-refractivity contribution in [3.05, 3.63) is 29.8 Å². The summed E-state index contributed by atoms with van der Waals surface area (Å²) < 4.78 is 10.5. The van der Waals surface area contributed by atoms with Gasteiger partial charge in [0.05, 0.1) is 6.10 Å². The molecule has 1 amide bonds. The largest absolute Gasteiger partial charge is 0.481 e. The van der Waals surface area contributed by atoms with Gasteiger partial charge in [-0.15, -0.1) is 0 Å². The monoisotopic (exact) mass is 281 g/mol. The maximum atomic E-state index is 11.9. The zero-order valence-corrected chi connectivity index (χ0v) is 12.3. The highest BCUT2D eigenvalue weighted by molar-refractivity contribution is 5.80. The maximum absolute atomic E-state index is 11.9. The summed E-state index contributed by atoms with van der Waals surface area (Å²) in [6.07, 6.45) is -0.486. The number of aliphatic hydroxyl groups is 1. The van der Waals surface area contributed by atoms with Crippen molar-refractivity contribution in [2.24, 2.45) is 0 Å². The van der Waals surface area contributed by atoms with E-state index in [1.165, 1.54) is 0 Å². The van der Waals surface area contributed by atoms with E-state index in [9.17, 15) is 9.90 Å². The minimum absolute atomic E-state index is 0.179. The molecule has 0 aliphatic rings. The second-order valence-electron chi connectivity index (χ2n) is 4.61. The number of hydrogen-bond acceptors (Lipinski definition) is 4. The lowest BCUT2D eigenvalue weighted by Gasteiger charge is -2.18. The van der Waals surface area contributed by atoms with Crippen molar-refractivity contribution < 1.29 is 19.4 Å². The first-order chi connectivity index (χ1) is 9.56. The van der Waals surface area contributed by atoms with Crippen LogP contribution in [0.15, 0.2) is 24.3 Å². The molecule has 0 radical (unpaired) electrons. The molecule has 0 fully saturated rings. The molecule has 20 heavy (non-hydrogen) atoms. The molecule has 0 aliphatic carbocycles. The highest BCUT2D eigenvalue weighted by Crippen LogP contribution is 2.25. The average Bonchev–Trinajstić information content (AvgIpc) is 2.43. The van der Waals surface area contributed by atoms with Crippen LogP contribution >= 0.6 is 0 Å². The van der Waals surface area contributed by atoms with E-state index in [0.717, 1.165) is 6.42 Å². The third-order valence-electron chi connectivity index (χ3n) is 2.87. The van der Waals surface area contributed by atoms with E-state index < -0.39 is 12.2 Å². The number of ether oxygens (including phenoxy) is 2. The Morgan fingerprint density at radius 2 is 2.05 bits per heavy atom. The minimum atomic E-state index is -0.636. The van der Waals surface area contributed by atoms with Crippen molar-refractivity contribution >= 4 is 5.91 Å². The molecular weight excluding hydrogens is 258 g/mol. The number of aliphatic hydroxyl groups excluding tert-OH is 1. The van der Waals surface area contributed by atoms with Crippen molar-refractivity contribution in [2.45, 2.75) is 32.5 Å². The third kappa shape index (κ3) is 5.19. The highest BCUT2D eigenvalue weighted by atomic mass is 16.5. The van der Waals surface area contributed by atoms with Crippen LogP contribution < -0.4 is 10.1 Å². The number of amides is 1. The molecule has 0 bridgehead atoms. The summed E-state index contributed by atoms with van der Waals surface area (Å²) in [7, 11) is 1.63. The van der Waals surface area contributed by atoms with Crippen LogP contribution in [0.4, 0.5) is 0 Å². The van der Waals surface area contributed by atoms with Crippen molar-refractivity contribution in [2.75, 3.05) is 20.3 Å². The van der Waals surface area contributed by atoms with Crippen LogP contribution in [0.25, 0.3) is 0 Å². The first kappa shape index (κ1) is 16.5. The molecule has 0 saturated heterocycles. The fraction of sp³-hybridized carbons (Fsp3) is 0.533. The molecule has 1 unspecified atom stereocenters. The predicted molar refractivity (Wildman–Crippen MR) is 76.7 cm³/mol. The van der Waals surface area contributed by atoms with Gasteiger partial charge in [-0.2, -0.15) is 0 Å². The average molecular weight is 281 g/mol. The Morgan fingerprint density at radius 3 is 2.70 bits per heavy atom. The normalized spacial score (nSPS) is 13.6. The SMILES string of the molecule is COCCCNC(=O)C(C)Oc1ccccc1[C@@H](C)O. The minimum Gasteiger partial charge on any atom is -0.481 e. The molecule has 2 atom stereocenters. The summed E-state index contributed by atoms with van der Waals surface area (Å²) in [6.45, 7) is 4.51. The molecule has 5 nitrogen and oxygen atoms in total. The molecule has 0 saturated carbocycles. The lowest BCUT2D eigenvalue weighted by Crippen LogP contribution is -2.37. The number of nitrogens with one attached hydrogen (secondary N) is 1. The van der Waals surface area contributed by atoms with Crippen LogP contribution in [0, 0.1) is 0 Å². The maximum Gasteiger partial charge on any atom is 0.260 e. The van der Waals surface area contributed by atoms with E-state index >= 15 is 0 Å². The van der Waals surface area contributed by atoms with Gasteiger partial charge in [-0.05, 0) is 26.3 Å². The van der Waals surface area contributed by atoms with E-state index in [2.05, 4.69) is 5.32 Å². The third-order valence-corrected chi connectivity index (χ3v) is 2.87. The smallest absolute Gasteiger partial charge is 0.260 e. The van der Waals surface area contributed by atoms with Gasteiger partial charge < -0.3 is 19.9 Å². The van der Waals surface area contributed by atoms with Crippen LogP contribution in [0.2, 0.25) is 0 Å². The zero-order chi connectivity index (χ0) is 15.0. The second-order valence-corrected chi connectivity index (χ2v) is 4.61. The number of rotatable bonds is 8. The molecule has 2 N–H and O–H groups in total. The molecule has 1 aromatic carbocycles. The lowest BCUT2D eigenvalue weighted by molar-refractivity contribution is -0.127. The first-order valence-corrected chi connectivity index (χ1v) is 6.76. The zero-order valence-electron chi connectivity index (χ0n) is 12.3. The van der Waals surface area contributed by atoms with E-state index in [0.29, 0.717) is 24.5 Å². The fourth-order valence-electron chi connectivity index (χ4n) is 1.75. The Bertz CT molecular complexity index is 420. The topological polar surface area (TPSA) is 67.8 Å². The van der Waals surface area contributed by atoms with Crippen LogP contribution in [0.1, 0.15) is 31.9 Å². The first-order valence-electron chi connectivity index (χ1n) is 6.76. The molecule has 0 aliphatic heterocycles. The Kier molecular flexibility index (Phi) is 7.04. The van der Waals surface area contributed by atoms with Crippen molar-refractivity contribution in [1.29, 1.82) is 0 Å². The number of hydrogen-bond donors (Lipinski definition) is 2. The van der Waals surface area contributed by atoms with E-state index in [4.69, 9.17) is 9.47 Å². The number of carbonyl (C=O) groups is 1. The summed E-state index contributed by atoms with van der Waals surface area (Å²) in [5.41, 5.74) is 0.673. The van der Waals surface area contributed by atoms with Gasteiger partial charge in [-0.3, -0.25) is 4.79 Å². The number of benzene rings is 1. The van der Waals surface area contributed by atoms with Crippen molar-refractivity contribution in [3.63, 3.8) is 0 Å². The number of methoxy groups -OCH3 is 1. The highest BCUT2D eigenvalue weighted by Gasteiger charge is 2.17. The van der Waals surface area contributed by atoms with Gasteiger partial charge in [0.1, 0.15) is 5.75 Å². The summed E-state index contributed by atoms with van der Waals surface area (Å²) in [5, 5.41) is 12.4. The number of para-hydroxylation sites is 1. The van der Waals surface area contributed by atoms with Gasteiger partial charge in [-0.1, -0.05) is 18.2 Å². The summed E-state index contributed by atoms with van der Waals surface area (Å²) >= 11 is 0. The van der Waals surface area contributed by atoms with Crippen LogP contribution in [0.5, 0.6) is 5.75 Å². The van der Waals surface area contributed by atoms with Crippen molar-refractivity contribution in [3.8, 4) is 5.75 Å². The van der Waals surface area contributed by atoms with Crippen molar-refractivity contribution in [1.82, 2.24) is 5.32 Å². The lowest BCUT2D eigenvalue weighted by atomic mass is 10.1. The summed E-state index contributed by atoms with van der Waals surface area (Å²) in [4.78, 5) is 11.9. The van der Waals surface area contributed by atoms with Gasteiger partial charge in [0.15, 0.2) is 6.10 Å². The Balaban J connectivity index is 2.53. The quantitative estimate of drug-likeness (QED) is 0.711.